The second-order valence-corrected chi connectivity index (χ2v) is 5.06. The lowest BCUT2D eigenvalue weighted by atomic mass is 10.1. The summed E-state index contributed by atoms with van der Waals surface area (Å²) in [6, 6.07) is 0.353. The molecule has 1 atom stereocenters. The lowest BCUT2D eigenvalue weighted by Crippen LogP contribution is -2.43. The molecule has 4 nitrogen and oxygen atoms in total. The van der Waals surface area contributed by atoms with Crippen LogP contribution in [-0.4, -0.2) is 43.0 Å². The fourth-order valence-corrected chi connectivity index (χ4v) is 1.92. The van der Waals surface area contributed by atoms with Gasteiger partial charge in [0, 0.05) is 19.1 Å². The maximum Gasteiger partial charge on any atom is 0.234 e. The molecule has 0 saturated heterocycles. The van der Waals surface area contributed by atoms with Crippen molar-refractivity contribution < 1.29 is 4.79 Å². The van der Waals surface area contributed by atoms with Gasteiger partial charge in [-0.15, -0.1) is 0 Å². The first kappa shape index (κ1) is 13.5. The summed E-state index contributed by atoms with van der Waals surface area (Å²) in [5.41, 5.74) is 5.30. The largest absolute Gasteiger partial charge is 0.368 e. The van der Waals surface area contributed by atoms with Gasteiger partial charge in [-0.3, -0.25) is 4.79 Å². The van der Waals surface area contributed by atoms with Gasteiger partial charge in [-0.1, -0.05) is 0 Å². The highest BCUT2D eigenvalue weighted by Crippen LogP contribution is 2.30. The zero-order valence-corrected chi connectivity index (χ0v) is 10.7. The predicted molar refractivity (Wildman–Crippen MR) is 66.1 cm³/mol. The van der Waals surface area contributed by atoms with E-state index in [0.29, 0.717) is 6.04 Å². The molecule has 1 aliphatic rings. The third kappa shape index (κ3) is 4.49. The fourth-order valence-electron chi connectivity index (χ4n) is 1.92. The van der Waals surface area contributed by atoms with Gasteiger partial charge in [-0.2, -0.15) is 0 Å². The molecule has 1 amide bonds. The first-order chi connectivity index (χ1) is 7.54. The molecule has 0 aromatic heterocycles. The van der Waals surface area contributed by atoms with E-state index >= 15 is 0 Å². The molecule has 94 valence electrons. The van der Waals surface area contributed by atoms with Crippen LogP contribution in [0.4, 0.5) is 0 Å². The molecular formula is C12H25N3O. The highest BCUT2D eigenvalue weighted by atomic mass is 16.1. The first-order valence-electron chi connectivity index (χ1n) is 6.25. The van der Waals surface area contributed by atoms with Crippen molar-refractivity contribution in [2.45, 2.75) is 45.2 Å². The van der Waals surface area contributed by atoms with E-state index < -0.39 is 0 Å². The average Bonchev–Trinajstić information content (AvgIpc) is 2.99. The van der Waals surface area contributed by atoms with Crippen molar-refractivity contribution in [1.82, 2.24) is 10.2 Å². The van der Waals surface area contributed by atoms with E-state index in [4.69, 9.17) is 5.73 Å². The number of likely N-dealkylation sites (N-methyl/N-ethyl adjacent to an activating group) is 1. The van der Waals surface area contributed by atoms with Crippen LogP contribution in [0.25, 0.3) is 0 Å². The maximum absolute atomic E-state index is 11.1. The van der Waals surface area contributed by atoms with Crippen LogP contribution in [-0.2, 0) is 4.79 Å². The molecule has 1 aliphatic carbocycles. The Bertz CT molecular complexity index is 226. The van der Waals surface area contributed by atoms with Crippen molar-refractivity contribution in [3.05, 3.63) is 0 Å². The number of amides is 1. The molecule has 1 fully saturated rings. The van der Waals surface area contributed by atoms with Gasteiger partial charge >= 0.3 is 0 Å². The molecule has 0 spiro atoms. The van der Waals surface area contributed by atoms with Crippen LogP contribution in [0.3, 0.4) is 0 Å². The highest BCUT2D eigenvalue weighted by molar-refractivity contribution is 5.79. The molecule has 0 aromatic rings. The van der Waals surface area contributed by atoms with E-state index in [9.17, 15) is 4.79 Å². The number of primary amides is 1. The second kappa shape index (κ2) is 6.21. The molecule has 3 N–H and O–H groups in total. The van der Waals surface area contributed by atoms with Crippen LogP contribution in [0.1, 0.15) is 33.1 Å². The number of carbonyl (C=O) groups is 1. The van der Waals surface area contributed by atoms with Crippen LogP contribution in [0.5, 0.6) is 0 Å². The number of nitrogens with two attached hydrogens (primary N) is 1. The molecule has 0 aromatic carbocycles. The summed E-state index contributed by atoms with van der Waals surface area (Å²) in [5, 5.41) is 2.96. The lowest BCUT2D eigenvalue weighted by Gasteiger charge is -2.27. The van der Waals surface area contributed by atoms with Gasteiger partial charge in [-0.25, -0.2) is 0 Å². The Morgan fingerprint density at radius 3 is 2.50 bits per heavy atom. The van der Waals surface area contributed by atoms with Crippen molar-refractivity contribution in [2.24, 2.45) is 11.7 Å². The van der Waals surface area contributed by atoms with E-state index in [-0.39, 0.29) is 11.9 Å². The van der Waals surface area contributed by atoms with Crippen molar-refractivity contribution in [2.75, 3.05) is 20.1 Å². The minimum atomic E-state index is -0.252. The van der Waals surface area contributed by atoms with Crippen molar-refractivity contribution in [3.8, 4) is 0 Å². The van der Waals surface area contributed by atoms with E-state index in [1.54, 1.807) is 7.05 Å². The van der Waals surface area contributed by atoms with Crippen LogP contribution in [0.15, 0.2) is 0 Å². The zero-order chi connectivity index (χ0) is 12.1. The maximum atomic E-state index is 11.1. The number of rotatable bonds is 8. The number of carbonyl (C=O) groups excluding carboxylic acids is 1. The molecule has 16 heavy (non-hydrogen) atoms. The summed E-state index contributed by atoms with van der Waals surface area (Å²) in [5.74, 6) is 0.640. The molecule has 0 aliphatic heterocycles. The molecule has 4 heteroatoms. The van der Waals surface area contributed by atoms with Crippen molar-refractivity contribution >= 4 is 5.91 Å². The normalized spacial score (nSPS) is 18.1. The van der Waals surface area contributed by atoms with Gasteiger partial charge in [0.2, 0.25) is 5.91 Å². The summed E-state index contributed by atoms with van der Waals surface area (Å²) in [4.78, 5) is 13.5. The number of nitrogens with one attached hydrogen (secondary N) is 1. The van der Waals surface area contributed by atoms with E-state index in [1.165, 1.54) is 19.4 Å². The SMILES string of the molecule is CNC(CCN(CC1CC1)C(C)C)C(N)=O. The Labute approximate surface area is 98.6 Å². The smallest absolute Gasteiger partial charge is 0.234 e. The summed E-state index contributed by atoms with van der Waals surface area (Å²) in [6.07, 6.45) is 3.54. The zero-order valence-electron chi connectivity index (χ0n) is 10.7. The third-order valence-corrected chi connectivity index (χ3v) is 3.32. The number of hydrogen-bond acceptors (Lipinski definition) is 3. The van der Waals surface area contributed by atoms with Gasteiger partial charge < -0.3 is 16.0 Å². The predicted octanol–water partition coefficient (Wildman–Crippen LogP) is 0.570. The van der Waals surface area contributed by atoms with Gasteiger partial charge in [0.05, 0.1) is 6.04 Å². The highest BCUT2D eigenvalue weighted by Gasteiger charge is 2.26. The minimum Gasteiger partial charge on any atom is -0.368 e. The number of hydrogen-bond donors (Lipinski definition) is 2. The van der Waals surface area contributed by atoms with Crippen molar-refractivity contribution in [3.63, 3.8) is 0 Å². The standard InChI is InChI=1S/C12H25N3O/c1-9(2)15(8-10-4-5-10)7-6-11(14-3)12(13)16/h9-11,14H,4-8H2,1-3H3,(H2,13,16). The Balaban J connectivity index is 2.32. The molecule has 1 unspecified atom stereocenters. The van der Waals surface area contributed by atoms with Crippen LogP contribution in [0, 0.1) is 5.92 Å². The van der Waals surface area contributed by atoms with Gasteiger partial charge in [0.15, 0.2) is 0 Å². The summed E-state index contributed by atoms with van der Waals surface area (Å²) in [6.45, 7) is 6.54. The lowest BCUT2D eigenvalue weighted by molar-refractivity contribution is -0.120. The van der Waals surface area contributed by atoms with Crippen molar-refractivity contribution in [1.29, 1.82) is 0 Å². The Kier molecular flexibility index (Phi) is 5.22. The number of nitrogens with zero attached hydrogens (tertiary/aromatic N) is 1. The third-order valence-electron chi connectivity index (χ3n) is 3.32. The van der Waals surface area contributed by atoms with E-state index in [2.05, 4.69) is 24.1 Å². The topological polar surface area (TPSA) is 58.4 Å². The van der Waals surface area contributed by atoms with Crippen LogP contribution in [0.2, 0.25) is 0 Å². The Morgan fingerprint density at radius 2 is 2.12 bits per heavy atom. The van der Waals surface area contributed by atoms with E-state index in [0.717, 1.165) is 18.9 Å². The Morgan fingerprint density at radius 1 is 1.50 bits per heavy atom. The minimum absolute atomic E-state index is 0.194. The van der Waals surface area contributed by atoms with Gasteiger partial charge in [0.25, 0.3) is 0 Å². The van der Waals surface area contributed by atoms with E-state index in [1.807, 2.05) is 0 Å². The summed E-state index contributed by atoms with van der Waals surface area (Å²) >= 11 is 0. The molecule has 1 rings (SSSR count). The summed E-state index contributed by atoms with van der Waals surface area (Å²) < 4.78 is 0. The van der Waals surface area contributed by atoms with Gasteiger partial charge in [-0.05, 0) is 46.1 Å². The summed E-state index contributed by atoms with van der Waals surface area (Å²) in [7, 11) is 1.79. The monoisotopic (exact) mass is 227 g/mol. The fraction of sp³-hybridized carbons (Fsp3) is 0.917. The molecule has 1 saturated carbocycles. The molecule has 0 heterocycles. The molecular weight excluding hydrogens is 202 g/mol. The van der Waals surface area contributed by atoms with Gasteiger partial charge in [0.1, 0.15) is 0 Å². The second-order valence-electron chi connectivity index (χ2n) is 5.06. The van der Waals surface area contributed by atoms with Crippen LogP contribution < -0.4 is 11.1 Å². The quantitative estimate of drug-likeness (QED) is 0.637. The average molecular weight is 227 g/mol. The molecule has 0 bridgehead atoms. The first-order valence-corrected chi connectivity index (χ1v) is 6.25. The van der Waals surface area contributed by atoms with Crippen LogP contribution >= 0.6 is 0 Å². The molecule has 0 radical (unpaired) electrons. The Hall–Kier alpha value is -0.610.